The molecule has 4 aromatic rings. The number of nitriles is 1. The van der Waals surface area contributed by atoms with Crippen molar-refractivity contribution in [3.63, 3.8) is 0 Å². The number of rotatable bonds is 6. The lowest BCUT2D eigenvalue weighted by molar-refractivity contribution is -0.112. The molecule has 0 aliphatic carbocycles. The first-order valence-electron chi connectivity index (χ1n) is 10.8. The van der Waals surface area contributed by atoms with Crippen molar-refractivity contribution in [2.45, 2.75) is 20.5 Å². The monoisotopic (exact) mass is 466 g/mol. The summed E-state index contributed by atoms with van der Waals surface area (Å²) >= 11 is 6.10. The molecule has 0 heterocycles. The normalized spacial score (nSPS) is 11.2. The molecular weight excluding hydrogens is 444 g/mol. The highest BCUT2D eigenvalue weighted by atomic mass is 35.5. The Morgan fingerprint density at radius 3 is 2.65 bits per heavy atom. The summed E-state index contributed by atoms with van der Waals surface area (Å²) in [6, 6.07) is 26.9. The molecule has 168 valence electrons. The summed E-state index contributed by atoms with van der Waals surface area (Å²) in [5, 5.41) is 15.2. The Morgan fingerprint density at radius 1 is 1.03 bits per heavy atom. The summed E-state index contributed by atoms with van der Waals surface area (Å²) in [6.45, 7) is 4.17. The Hall–Kier alpha value is -4.07. The van der Waals surface area contributed by atoms with E-state index in [1.54, 1.807) is 6.08 Å². The molecule has 0 atom stereocenters. The number of aryl methyl sites for hydroxylation is 2. The number of fused-ring (bicyclic) bond motifs is 1. The van der Waals surface area contributed by atoms with Crippen LogP contribution in [0.25, 0.3) is 16.8 Å². The first-order chi connectivity index (χ1) is 16.4. The van der Waals surface area contributed by atoms with Crippen LogP contribution in [-0.2, 0) is 11.4 Å². The van der Waals surface area contributed by atoms with E-state index in [1.807, 2.05) is 92.7 Å². The zero-order valence-corrected chi connectivity index (χ0v) is 19.7. The molecule has 0 aliphatic heterocycles. The van der Waals surface area contributed by atoms with Crippen molar-refractivity contribution in [1.82, 2.24) is 0 Å². The molecule has 1 N–H and O–H groups in total. The average Bonchev–Trinajstić information content (AvgIpc) is 2.83. The maximum Gasteiger partial charge on any atom is 0.266 e. The van der Waals surface area contributed by atoms with Crippen LogP contribution < -0.4 is 10.1 Å². The van der Waals surface area contributed by atoms with Gasteiger partial charge in [0, 0.05) is 16.3 Å². The number of ether oxygens (including phenoxy) is 1. The van der Waals surface area contributed by atoms with Gasteiger partial charge in [-0.15, -0.1) is 0 Å². The molecule has 0 fully saturated rings. The van der Waals surface area contributed by atoms with Gasteiger partial charge in [-0.25, -0.2) is 0 Å². The van der Waals surface area contributed by atoms with Crippen LogP contribution in [-0.4, -0.2) is 5.91 Å². The van der Waals surface area contributed by atoms with Gasteiger partial charge in [0.2, 0.25) is 0 Å². The smallest absolute Gasteiger partial charge is 0.266 e. The van der Waals surface area contributed by atoms with Crippen LogP contribution in [0.4, 0.5) is 5.69 Å². The van der Waals surface area contributed by atoms with E-state index < -0.39 is 5.91 Å². The van der Waals surface area contributed by atoms with Gasteiger partial charge in [-0.2, -0.15) is 5.26 Å². The molecule has 0 saturated heterocycles. The van der Waals surface area contributed by atoms with E-state index in [4.69, 9.17) is 16.3 Å². The second-order valence-electron chi connectivity index (χ2n) is 8.06. The van der Waals surface area contributed by atoms with Crippen molar-refractivity contribution in [2.24, 2.45) is 0 Å². The highest BCUT2D eigenvalue weighted by Gasteiger charge is 2.15. The third-order valence-corrected chi connectivity index (χ3v) is 5.74. The van der Waals surface area contributed by atoms with E-state index in [2.05, 4.69) is 11.4 Å². The number of carbonyl (C=O) groups is 1. The molecule has 34 heavy (non-hydrogen) atoms. The lowest BCUT2D eigenvalue weighted by Gasteiger charge is -2.13. The van der Waals surface area contributed by atoms with Crippen molar-refractivity contribution >= 4 is 40.0 Å². The van der Waals surface area contributed by atoms with Crippen molar-refractivity contribution in [3.05, 3.63) is 112 Å². The molecule has 4 rings (SSSR count). The summed E-state index contributed by atoms with van der Waals surface area (Å²) < 4.78 is 6.12. The van der Waals surface area contributed by atoms with Crippen LogP contribution in [0.15, 0.2) is 84.4 Å². The zero-order valence-electron chi connectivity index (χ0n) is 18.9. The van der Waals surface area contributed by atoms with Crippen LogP contribution in [0, 0.1) is 25.2 Å². The zero-order chi connectivity index (χ0) is 24.1. The van der Waals surface area contributed by atoms with Crippen molar-refractivity contribution in [3.8, 4) is 11.8 Å². The highest BCUT2D eigenvalue weighted by molar-refractivity contribution is 6.30. The molecule has 0 spiro atoms. The fourth-order valence-corrected chi connectivity index (χ4v) is 3.90. The molecular formula is C29H23ClN2O2. The first-order valence-corrected chi connectivity index (χ1v) is 11.2. The number of nitrogens with zero attached hydrogens (tertiary/aromatic N) is 1. The molecule has 0 aliphatic rings. The Bertz CT molecular complexity index is 1450. The van der Waals surface area contributed by atoms with E-state index in [0.29, 0.717) is 28.6 Å². The molecule has 4 aromatic carbocycles. The fourth-order valence-electron chi connectivity index (χ4n) is 3.69. The van der Waals surface area contributed by atoms with E-state index in [9.17, 15) is 10.1 Å². The van der Waals surface area contributed by atoms with Crippen LogP contribution in [0.1, 0.15) is 22.3 Å². The van der Waals surface area contributed by atoms with Gasteiger partial charge in [0.15, 0.2) is 0 Å². The fraction of sp³-hybridized carbons (Fsp3) is 0.103. The summed E-state index contributed by atoms with van der Waals surface area (Å²) in [5.74, 6) is 0.107. The third kappa shape index (κ3) is 5.28. The number of amides is 1. The molecule has 0 bridgehead atoms. The Labute approximate surface area is 204 Å². The molecule has 0 saturated carbocycles. The number of hydrogen-bond donors (Lipinski definition) is 1. The van der Waals surface area contributed by atoms with Crippen LogP contribution >= 0.6 is 11.6 Å². The minimum Gasteiger partial charge on any atom is -0.488 e. The van der Waals surface area contributed by atoms with Gasteiger partial charge in [0.25, 0.3) is 5.91 Å². The average molecular weight is 467 g/mol. The van der Waals surface area contributed by atoms with E-state index in [1.165, 1.54) is 0 Å². The Morgan fingerprint density at radius 2 is 1.85 bits per heavy atom. The summed E-state index contributed by atoms with van der Waals surface area (Å²) in [6.07, 6.45) is 1.59. The molecule has 5 heteroatoms. The van der Waals surface area contributed by atoms with Crippen molar-refractivity contribution < 1.29 is 9.53 Å². The number of halogens is 1. The van der Waals surface area contributed by atoms with Crippen LogP contribution in [0.5, 0.6) is 5.75 Å². The second-order valence-corrected chi connectivity index (χ2v) is 8.50. The number of benzene rings is 4. The Balaban J connectivity index is 1.71. The number of hydrogen-bond acceptors (Lipinski definition) is 3. The minimum absolute atomic E-state index is 0.00938. The number of nitrogens with one attached hydrogen (secondary N) is 1. The van der Waals surface area contributed by atoms with Crippen LogP contribution in [0.2, 0.25) is 5.02 Å². The first kappa shape index (κ1) is 23.1. The van der Waals surface area contributed by atoms with Crippen molar-refractivity contribution in [1.29, 1.82) is 5.26 Å². The predicted octanol–water partition coefficient (Wildman–Crippen LogP) is 7.23. The van der Waals surface area contributed by atoms with Crippen LogP contribution in [0.3, 0.4) is 0 Å². The molecule has 1 amide bonds. The van der Waals surface area contributed by atoms with E-state index >= 15 is 0 Å². The van der Waals surface area contributed by atoms with Gasteiger partial charge in [0.1, 0.15) is 24.0 Å². The number of carbonyl (C=O) groups excluding carboxylic acids is 1. The van der Waals surface area contributed by atoms with Gasteiger partial charge in [-0.1, -0.05) is 66.2 Å². The van der Waals surface area contributed by atoms with Gasteiger partial charge in [0.05, 0.1) is 0 Å². The van der Waals surface area contributed by atoms with Crippen molar-refractivity contribution in [2.75, 3.05) is 5.32 Å². The maximum absolute atomic E-state index is 13.0. The van der Waals surface area contributed by atoms with Gasteiger partial charge in [-0.3, -0.25) is 4.79 Å². The predicted molar refractivity (Wildman–Crippen MR) is 138 cm³/mol. The van der Waals surface area contributed by atoms with Gasteiger partial charge < -0.3 is 10.1 Å². The maximum atomic E-state index is 13.0. The lowest BCUT2D eigenvalue weighted by atomic mass is 10.0. The largest absolute Gasteiger partial charge is 0.488 e. The molecule has 0 radical (unpaired) electrons. The quantitative estimate of drug-likeness (QED) is 0.241. The van der Waals surface area contributed by atoms with E-state index in [0.717, 1.165) is 27.5 Å². The highest BCUT2D eigenvalue weighted by Crippen LogP contribution is 2.31. The second kappa shape index (κ2) is 10.2. The lowest BCUT2D eigenvalue weighted by Crippen LogP contribution is -2.14. The summed E-state index contributed by atoms with van der Waals surface area (Å²) in [5.41, 5.74) is 4.21. The SMILES string of the molecule is Cc1ccc(C)c(NC(=O)/C(C#N)=C/c2c(OCc3cccc(Cl)c3)ccc3ccccc23)c1. The standard InChI is InChI=1S/C29H23ClN2O2/c1-19-10-11-20(2)27(14-19)32-29(33)23(17-31)16-26-25-9-4-3-7-22(25)12-13-28(26)34-18-21-6-5-8-24(30)15-21/h3-16H,18H2,1-2H3,(H,32,33)/b23-16+. The molecule has 0 unspecified atom stereocenters. The Kier molecular flexibility index (Phi) is 6.96. The summed E-state index contributed by atoms with van der Waals surface area (Å²) in [7, 11) is 0. The van der Waals surface area contributed by atoms with E-state index in [-0.39, 0.29) is 5.57 Å². The third-order valence-electron chi connectivity index (χ3n) is 5.51. The number of anilines is 1. The molecule has 0 aromatic heterocycles. The summed E-state index contributed by atoms with van der Waals surface area (Å²) in [4.78, 5) is 13.0. The minimum atomic E-state index is -0.468. The molecule has 4 nitrogen and oxygen atoms in total. The topological polar surface area (TPSA) is 62.1 Å². The van der Waals surface area contributed by atoms with Gasteiger partial charge >= 0.3 is 0 Å². The van der Waals surface area contributed by atoms with Gasteiger partial charge in [-0.05, 0) is 71.7 Å².